The largest absolute Gasteiger partial charge is 0.493 e. The van der Waals surface area contributed by atoms with Gasteiger partial charge in [0.2, 0.25) is 0 Å². The third-order valence-electron chi connectivity index (χ3n) is 3.65. The molecule has 0 aliphatic rings. The molecular weight excluding hydrogens is 379 g/mol. The molecule has 0 heterocycles. The number of anilines is 1. The fraction of sp³-hybridized carbons (Fsp3) is 0.190. The lowest BCUT2D eigenvalue weighted by Gasteiger charge is -2.12. The van der Waals surface area contributed by atoms with Crippen molar-refractivity contribution in [2.24, 2.45) is 0 Å². The van der Waals surface area contributed by atoms with Gasteiger partial charge in [-0.05, 0) is 48.9 Å². The molecule has 0 saturated carbocycles. The normalized spacial score (nSPS) is 11.4. The molecule has 0 radical (unpaired) electrons. The molecule has 0 aliphatic heterocycles. The Morgan fingerprint density at radius 3 is 2.72 bits per heavy atom. The van der Waals surface area contributed by atoms with Crippen molar-refractivity contribution in [1.29, 1.82) is 5.26 Å². The lowest BCUT2D eigenvalue weighted by molar-refractivity contribution is -0.148. The quantitative estimate of drug-likeness (QED) is 0.541. The minimum Gasteiger partial charge on any atom is -0.493 e. The average Bonchev–Trinajstić information content (AvgIpc) is 2.70. The van der Waals surface area contributed by atoms with Crippen LogP contribution in [0.1, 0.15) is 12.5 Å². The Bertz CT molecular complexity index is 952. The van der Waals surface area contributed by atoms with Gasteiger partial charge in [-0.3, -0.25) is 4.79 Å². The van der Waals surface area contributed by atoms with E-state index in [4.69, 9.17) is 19.5 Å². The van der Waals surface area contributed by atoms with E-state index in [0.717, 1.165) is 12.1 Å². The van der Waals surface area contributed by atoms with Gasteiger partial charge in [-0.1, -0.05) is 12.1 Å². The molecule has 29 heavy (non-hydrogen) atoms. The second-order valence-electron chi connectivity index (χ2n) is 5.77. The molecule has 7 nitrogen and oxygen atoms in total. The van der Waals surface area contributed by atoms with Crippen LogP contribution in [0.15, 0.2) is 48.5 Å². The maximum Gasteiger partial charge on any atom is 0.331 e. The van der Waals surface area contributed by atoms with E-state index in [2.05, 4.69) is 5.32 Å². The van der Waals surface area contributed by atoms with Crippen LogP contribution >= 0.6 is 0 Å². The van der Waals surface area contributed by atoms with Crippen molar-refractivity contribution in [2.45, 2.75) is 13.0 Å². The summed E-state index contributed by atoms with van der Waals surface area (Å²) in [4.78, 5) is 24.0. The second-order valence-corrected chi connectivity index (χ2v) is 5.77. The van der Waals surface area contributed by atoms with Crippen molar-refractivity contribution >= 4 is 23.6 Å². The van der Waals surface area contributed by atoms with E-state index in [1.54, 1.807) is 18.2 Å². The van der Waals surface area contributed by atoms with Gasteiger partial charge in [0.1, 0.15) is 11.9 Å². The summed E-state index contributed by atoms with van der Waals surface area (Å²) in [5, 5.41) is 11.0. The number of nitrogens with zero attached hydrogens (tertiary/aromatic N) is 1. The van der Waals surface area contributed by atoms with E-state index in [-0.39, 0.29) is 12.3 Å². The first-order valence-corrected chi connectivity index (χ1v) is 8.56. The highest BCUT2D eigenvalue weighted by Gasteiger charge is 2.17. The van der Waals surface area contributed by atoms with Gasteiger partial charge in [0, 0.05) is 11.8 Å². The van der Waals surface area contributed by atoms with E-state index >= 15 is 0 Å². The lowest BCUT2D eigenvalue weighted by Crippen LogP contribution is -2.29. The molecular formula is C21H19FN2O5. The molecule has 0 saturated heterocycles. The van der Waals surface area contributed by atoms with Crippen LogP contribution in [0.4, 0.5) is 10.1 Å². The molecule has 2 aromatic rings. The zero-order valence-electron chi connectivity index (χ0n) is 15.8. The summed E-state index contributed by atoms with van der Waals surface area (Å²) < 4.78 is 28.6. The Balaban J connectivity index is 1.94. The summed E-state index contributed by atoms with van der Waals surface area (Å²) in [6.45, 7) is 1.29. The van der Waals surface area contributed by atoms with Gasteiger partial charge in [0.05, 0.1) is 7.11 Å². The maximum absolute atomic E-state index is 13.2. The van der Waals surface area contributed by atoms with E-state index < -0.39 is 23.8 Å². The molecule has 0 spiro atoms. The number of esters is 1. The zero-order chi connectivity index (χ0) is 21.2. The van der Waals surface area contributed by atoms with Crippen LogP contribution < -0.4 is 14.8 Å². The highest BCUT2D eigenvalue weighted by molar-refractivity contribution is 5.96. The molecule has 0 fully saturated rings. The third kappa shape index (κ3) is 6.66. The van der Waals surface area contributed by atoms with Crippen molar-refractivity contribution in [3.63, 3.8) is 0 Å². The predicted octanol–water partition coefficient (Wildman–Crippen LogP) is 3.32. The van der Waals surface area contributed by atoms with Crippen LogP contribution in [-0.2, 0) is 14.3 Å². The van der Waals surface area contributed by atoms with E-state index in [0.29, 0.717) is 17.1 Å². The number of hydrogen-bond acceptors (Lipinski definition) is 6. The van der Waals surface area contributed by atoms with Crippen LogP contribution in [0.5, 0.6) is 11.5 Å². The van der Waals surface area contributed by atoms with E-state index in [1.165, 1.54) is 38.3 Å². The molecule has 1 N–H and O–H groups in total. The number of carbonyl (C=O) groups excluding carboxylic acids is 2. The second kappa shape index (κ2) is 10.5. The number of amides is 1. The Kier molecular flexibility index (Phi) is 7.74. The molecule has 0 unspecified atom stereocenters. The number of methoxy groups -OCH3 is 1. The smallest absolute Gasteiger partial charge is 0.331 e. The predicted molar refractivity (Wildman–Crippen MR) is 104 cm³/mol. The van der Waals surface area contributed by atoms with Gasteiger partial charge >= 0.3 is 5.97 Å². The summed E-state index contributed by atoms with van der Waals surface area (Å²) in [5.74, 6) is -1.00. The van der Waals surface area contributed by atoms with Crippen molar-refractivity contribution in [3.05, 3.63) is 59.9 Å². The van der Waals surface area contributed by atoms with E-state index in [1.807, 2.05) is 6.07 Å². The number of ether oxygens (including phenoxy) is 3. The van der Waals surface area contributed by atoms with Crippen LogP contribution in [-0.4, -0.2) is 31.7 Å². The van der Waals surface area contributed by atoms with E-state index in [9.17, 15) is 14.0 Å². The Labute approximate surface area is 167 Å². The van der Waals surface area contributed by atoms with Gasteiger partial charge in [0.15, 0.2) is 24.2 Å². The van der Waals surface area contributed by atoms with Crippen LogP contribution in [0.25, 0.3) is 6.08 Å². The van der Waals surface area contributed by atoms with Crippen LogP contribution in [0, 0.1) is 17.1 Å². The van der Waals surface area contributed by atoms with Crippen molar-refractivity contribution in [2.75, 3.05) is 19.0 Å². The standard InChI is InChI=1S/C21H19FN2O5/c1-14(21(26)24-17-5-3-4-16(22)13-17)29-20(25)9-7-15-6-8-18(28-11-10-23)19(12-15)27-2/h3-9,12-14H,11H2,1-2H3,(H,24,26)/b9-7+/t14-/m1/s1. The molecule has 150 valence electrons. The minimum absolute atomic E-state index is 0.118. The number of nitrogens with one attached hydrogen (secondary N) is 1. The first-order valence-electron chi connectivity index (χ1n) is 8.56. The molecule has 8 heteroatoms. The summed E-state index contributed by atoms with van der Waals surface area (Å²) in [6.07, 6.45) is 1.57. The molecule has 1 atom stereocenters. The Morgan fingerprint density at radius 1 is 1.24 bits per heavy atom. The molecule has 2 aromatic carbocycles. The van der Waals surface area contributed by atoms with Gasteiger partial charge in [-0.15, -0.1) is 0 Å². The number of hydrogen-bond donors (Lipinski definition) is 1. The maximum atomic E-state index is 13.2. The number of rotatable bonds is 8. The molecule has 2 rings (SSSR count). The number of halogens is 1. The third-order valence-corrected chi connectivity index (χ3v) is 3.65. The van der Waals surface area contributed by atoms with Crippen LogP contribution in [0.3, 0.4) is 0 Å². The van der Waals surface area contributed by atoms with Gasteiger partial charge < -0.3 is 19.5 Å². The highest BCUT2D eigenvalue weighted by atomic mass is 19.1. The molecule has 0 bridgehead atoms. The van der Waals surface area contributed by atoms with Gasteiger partial charge in [0.25, 0.3) is 5.91 Å². The highest BCUT2D eigenvalue weighted by Crippen LogP contribution is 2.28. The fourth-order valence-electron chi connectivity index (χ4n) is 2.26. The average molecular weight is 398 g/mol. The Hall–Kier alpha value is -3.86. The minimum atomic E-state index is -1.08. The first-order chi connectivity index (χ1) is 13.9. The lowest BCUT2D eigenvalue weighted by atomic mass is 10.2. The van der Waals surface area contributed by atoms with Gasteiger partial charge in [-0.25, -0.2) is 9.18 Å². The van der Waals surface area contributed by atoms with Gasteiger partial charge in [-0.2, -0.15) is 5.26 Å². The topological polar surface area (TPSA) is 97.7 Å². The van der Waals surface area contributed by atoms with Crippen molar-refractivity contribution < 1.29 is 28.2 Å². The summed E-state index contributed by atoms with van der Waals surface area (Å²) in [7, 11) is 1.45. The molecule has 0 aliphatic carbocycles. The fourth-order valence-corrected chi connectivity index (χ4v) is 2.26. The zero-order valence-corrected chi connectivity index (χ0v) is 15.8. The Morgan fingerprint density at radius 2 is 2.03 bits per heavy atom. The number of nitriles is 1. The summed E-state index contributed by atoms with van der Waals surface area (Å²) in [5.41, 5.74) is 0.888. The number of carbonyl (C=O) groups is 2. The molecule has 0 aromatic heterocycles. The van der Waals surface area contributed by atoms with Crippen molar-refractivity contribution in [1.82, 2.24) is 0 Å². The SMILES string of the molecule is COc1cc(/C=C/C(=O)O[C@H](C)C(=O)Nc2cccc(F)c2)ccc1OCC#N. The van der Waals surface area contributed by atoms with Crippen LogP contribution in [0.2, 0.25) is 0 Å². The van der Waals surface area contributed by atoms with Crippen molar-refractivity contribution in [3.8, 4) is 17.6 Å². The monoisotopic (exact) mass is 398 g/mol. The number of benzene rings is 2. The summed E-state index contributed by atoms with van der Waals surface area (Å²) in [6, 6.07) is 12.1. The molecule has 1 amide bonds. The first kappa shape index (κ1) is 21.4. The summed E-state index contributed by atoms with van der Waals surface area (Å²) >= 11 is 0.